The first kappa shape index (κ1) is 12.8. The summed E-state index contributed by atoms with van der Waals surface area (Å²) in [6, 6.07) is 7.30. The van der Waals surface area contributed by atoms with Gasteiger partial charge in [0.15, 0.2) is 11.6 Å². The van der Waals surface area contributed by atoms with Crippen LogP contribution in [-0.2, 0) is 0 Å². The van der Waals surface area contributed by atoms with Gasteiger partial charge in [-0.1, -0.05) is 0 Å². The number of primary amides is 1. The standard InChI is InChI=1S/C13H10F2N2O2/c14-10-3-2-8(6-11(10)15)19-12-4-1-7(16)5-9(12)13(17)18/h1-6H,16H2,(H2,17,18). The molecule has 6 heteroatoms. The smallest absolute Gasteiger partial charge is 0.252 e. The van der Waals surface area contributed by atoms with Crippen molar-refractivity contribution in [2.45, 2.75) is 0 Å². The minimum Gasteiger partial charge on any atom is -0.456 e. The van der Waals surface area contributed by atoms with Gasteiger partial charge >= 0.3 is 0 Å². The fraction of sp³-hybridized carbons (Fsp3) is 0. The molecule has 0 atom stereocenters. The minimum atomic E-state index is -1.05. The van der Waals surface area contributed by atoms with Crippen LogP contribution in [-0.4, -0.2) is 5.91 Å². The topological polar surface area (TPSA) is 78.3 Å². The molecule has 0 bridgehead atoms. The van der Waals surface area contributed by atoms with E-state index >= 15 is 0 Å². The van der Waals surface area contributed by atoms with Crippen LogP contribution in [0.25, 0.3) is 0 Å². The maximum Gasteiger partial charge on any atom is 0.252 e. The highest BCUT2D eigenvalue weighted by molar-refractivity contribution is 5.96. The Morgan fingerprint density at radius 1 is 1.05 bits per heavy atom. The van der Waals surface area contributed by atoms with Crippen molar-refractivity contribution in [1.82, 2.24) is 0 Å². The molecule has 2 aromatic carbocycles. The molecule has 19 heavy (non-hydrogen) atoms. The Morgan fingerprint density at radius 2 is 1.79 bits per heavy atom. The predicted octanol–water partition coefficient (Wildman–Crippen LogP) is 2.44. The van der Waals surface area contributed by atoms with Crippen molar-refractivity contribution in [3.8, 4) is 11.5 Å². The Labute approximate surface area is 107 Å². The average Bonchev–Trinajstić information content (AvgIpc) is 2.36. The lowest BCUT2D eigenvalue weighted by atomic mass is 10.1. The maximum absolute atomic E-state index is 13.0. The zero-order valence-electron chi connectivity index (χ0n) is 9.69. The lowest BCUT2D eigenvalue weighted by Crippen LogP contribution is -2.12. The van der Waals surface area contributed by atoms with Crippen molar-refractivity contribution in [2.24, 2.45) is 5.73 Å². The summed E-state index contributed by atoms with van der Waals surface area (Å²) in [5, 5.41) is 0. The van der Waals surface area contributed by atoms with Crippen molar-refractivity contribution < 1.29 is 18.3 Å². The summed E-state index contributed by atoms with van der Waals surface area (Å²) < 4.78 is 31.1. The van der Waals surface area contributed by atoms with Gasteiger partial charge in [-0.25, -0.2) is 8.78 Å². The van der Waals surface area contributed by atoms with E-state index in [0.717, 1.165) is 12.1 Å². The Kier molecular flexibility index (Phi) is 3.33. The van der Waals surface area contributed by atoms with Crippen LogP contribution in [0.5, 0.6) is 11.5 Å². The molecule has 0 unspecified atom stereocenters. The number of hydrogen-bond donors (Lipinski definition) is 2. The molecule has 0 radical (unpaired) electrons. The fourth-order valence-electron chi connectivity index (χ4n) is 1.50. The normalized spacial score (nSPS) is 10.2. The summed E-state index contributed by atoms with van der Waals surface area (Å²) in [5.74, 6) is -2.60. The lowest BCUT2D eigenvalue weighted by molar-refractivity contribution is 0.0998. The number of rotatable bonds is 3. The second-order valence-corrected chi connectivity index (χ2v) is 3.80. The average molecular weight is 264 g/mol. The molecule has 0 fully saturated rings. The Balaban J connectivity index is 2.37. The van der Waals surface area contributed by atoms with Gasteiger partial charge in [0.2, 0.25) is 0 Å². The van der Waals surface area contributed by atoms with Crippen LogP contribution in [0.1, 0.15) is 10.4 Å². The molecular formula is C13H10F2N2O2. The number of benzene rings is 2. The van der Waals surface area contributed by atoms with Gasteiger partial charge in [0.25, 0.3) is 5.91 Å². The molecule has 0 heterocycles. The number of carbonyl (C=O) groups excluding carboxylic acids is 1. The van der Waals surface area contributed by atoms with Gasteiger partial charge in [-0.2, -0.15) is 0 Å². The van der Waals surface area contributed by atoms with E-state index in [1.165, 1.54) is 24.3 Å². The monoisotopic (exact) mass is 264 g/mol. The summed E-state index contributed by atoms with van der Waals surface area (Å²) in [6.07, 6.45) is 0. The van der Waals surface area contributed by atoms with E-state index in [9.17, 15) is 13.6 Å². The van der Waals surface area contributed by atoms with Gasteiger partial charge in [0, 0.05) is 11.8 Å². The number of ether oxygens (including phenoxy) is 1. The zero-order chi connectivity index (χ0) is 14.0. The molecule has 0 aromatic heterocycles. The highest BCUT2D eigenvalue weighted by atomic mass is 19.2. The van der Waals surface area contributed by atoms with Crippen LogP contribution in [0, 0.1) is 11.6 Å². The van der Waals surface area contributed by atoms with Gasteiger partial charge in [-0.15, -0.1) is 0 Å². The van der Waals surface area contributed by atoms with Crippen LogP contribution < -0.4 is 16.2 Å². The van der Waals surface area contributed by atoms with Gasteiger partial charge in [-0.3, -0.25) is 4.79 Å². The molecule has 1 amide bonds. The van der Waals surface area contributed by atoms with Crippen molar-refractivity contribution in [2.75, 3.05) is 5.73 Å². The number of amides is 1. The largest absolute Gasteiger partial charge is 0.456 e. The van der Waals surface area contributed by atoms with Crippen LogP contribution in [0.2, 0.25) is 0 Å². The molecular weight excluding hydrogens is 254 g/mol. The molecule has 2 rings (SSSR count). The van der Waals surface area contributed by atoms with Crippen LogP contribution >= 0.6 is 0 Å². The molecule has 4 nitrogen and oxygen atoms in total. The minimum absolute atomic E-state index is 0.0474. The molecule has 0 saturated carbocycles. The second-order valence-electron chi connectivity index (χ2n) is 3.80. The Hall–Kier alpha value is -2.63. The molecule has 2 aromatic rings. The van der Waals surface area contributed by atoms with Crippen molar-refractivity contribution >= 4 is 11.6 Å². The van der Waals surface area contributed by atoms with Gasteiger partial charge in [0.05, 0.1) is 5.56 Å². The number of nitrogen functional groups attached to an aromatic ring is 1. The van der Waals surface area contributed by atoms with Crippen LogP contribution in [0.3, 0.4) is 0 Å². The van der Waals surface area contributed by atoms with E-state index in [0.29, 0.717) is 5.69 Å². The summed E-state index contributed by atoms with van der Waals surface area (Å²) in [6.45, 7) is 0. The van der Waals surface area contributed by atoms with E-state index in [-0.39, 0.29) is 17.1 Å². The number of halogens is 2. The van der Waals surface area contributed by atoms with E-state index in [2.05, 4.69) is 0 Å². The summed E-state index contributed by atoms with van der Waals surface area (Å²) in [4.78, 5) is 11.2. The Morgan fingerprint density at radius 3 is 2.42 bits per heavy atom. The SMILES string of the molecule is NC(=O)c1cc(N)ccc1Oc1ccc(F)c(F)c1. The van der Waals surface area contributed by atoms with Gasteiger partial charge in [0.1, 0.15) is 11.5 Å². The zero-order valence-corrected chi connectivity index (χ0v) is 9.69. The summed E-state index contributed by atoms with van der Waals surface area (Å²) in [7, 11) is 0. The van der Waals surface area contributed by atoms with Crippen LogP contribution in [0.4, 0.5) is 14.5 Å². The Bertz CT molecular complexity index is 645. The first-order valence-electron chi connectivity index (χ1n) is 5.29. The maximum atomic E-state index is 13.0. The molecule has 4 N–H and O–H groups in total. The van der Waals surface area contributed by atoms with E-state index < -0.39 is 17.5 Å². The number of anilines is 1. The molecule has 98 valence electrons. The number of carbonyl (C=O) groups is 1. The highest BCUT2D eigenvalue weighted by Gasteiger charge is 2.12. The van der Waals surface area contributed by atoms with E-state index in [1.54, 1.807) is 0 Å². The molecule has 0 aliphatic carbocycles. The predicted molar refractivity (Wildman–Crippen MR) is 65.8 cm³/mol. The highest BCUT2D eigenvalue weighted by Crippen LogP contribution is 2.27. The van der Waals surface area contributed by atoms with Crippen molar-refractivity contribution in [3.63, 3.8) is 0 Å². The first-order valence-corrected chi connectivity index (χ1v) is 5.29. The third kappa shape index (κ3) is 2.79. The quantitative estimate of drug-likeness (QED) is 0.836. The third-order valence-corrected chi connectivity index (χ3v) is 2.39. The molecule has 0 aliphatic heterocycles. The fourth-order valence-corrected chi connectivity index (χ4v) is 1.50. The van der Waals surface area contributed by atoms with Crippen molar-refractivity contribution in [1.29, 1.82) is 0 Å². The molecule has 0 spiro atoms. The summed E-state index contributed by atoms with van der Waals surface area (Å²) >= 11 is 0. The molecule has 0 aliphatic rings. The second kappa shape index (κ2) is 4.93. The lowest BCUT2D eigenvalue weighted by Gasteiger charge is -2.10. The van der Waals surface area contributed by atoms with E-state index in [4.69, 9.17) is 16.2 Å². The van der Waals surface area contributed by atoms with Gasteiger partial charge < -0.3 is 16.2 Å². The number of hydrogen-bond acceptors (Lipinski definition) is 3. The molecule has 0 saturated heterocycles. The summed E-state index contributed by atoms with van der Waals surface area (Å²) in [5.41, 5.74) is 11.1. The number of nitrogens with two attached hydrogens (primary N) is 2. The third-order valence-electron chi connectivity index (χ3n) is 2.39. The van der Waals surface area contributed by atoms with Crippen molar-refractivity contribution in [3.05, 3.63) is 53.6 Å². The first-order chi connectivity index (χ1) is 8.97. The van der Waals surface area contributed by atoms with Gasteiger partial charge in [-0.05, 0) is 30.3 Å². The van der Waals surface area contributed by atoms with Crippen LogP contribution in [0.15, 0.2) is 36.4 Å². The van der Waals surface area contributed by atoms with E-state index in [1.807, 2.05) is 0 Å².